The number of rotatable bonds is 1. The van der Waals surface area contributed by atoms with E-state index in [-0.39, 0.29) is 11.6 Å². The highest BCUT2D eigenvalue weighted by atomic mass is 19.4. The van der Waals surface area contributed by atoms with Crippen LogP contribution in [0.1, 0.15) is 47.8 Å². The highest BCUT2D eigenvalue weighted by Gasteiger charge is 2.75. The molecule has 2 aromatic rings. The molecule has 0 unspecified atom stereocenters. The summed E-state index contributed by atoms with van der Waals surface area (Å²) in [6, 6.07) is 1.83. The summed E-state index contributed by atoms with van der Waals surface area (Å²) in [5.74, 6) is -6.26. The fourth-order valence-electron chi connectivity index (χ4n) is 3.82. The number of hydrogen-bond donors (Lipinski definition) is 1. The predicted molar refractivity (Wildman–Crippen MR) is 87.3 cm³/mol. The Labute approximate surface area is 168 Å². The maximum absolute atomic E-state index is 14.3. The van der Waals surface area contributed by atoms with Crippen molar-refractivity contribution in [3.8, 4) is 11.5 Å². The van der Waals surface area contributed by atoms with Gasteiger partial charge in [0.05, 0.1) is 16.7 Å². The van der Waals surface area contributed by atoms with Crippen molar-refractivity contribution in [3.63, 3.8) is 0 Å². The molecule has 12 heteroatoms. The zero-order valence-corrected chi connectivity index (χ0v) is 15.1. The first kappa shape index (κ1) is 20.7. The summed E-state index contributed by atoms with van der Waals surface area (Å²) < 4.78 is 95.2. The van der Waals surface area contributed by atoms with E-state index in [0.29, 0.717) is 18.2 Å². The number of hydrogen-bond acceptors (Lipinski definition) is 5. The number of esters is 2. The SMILES string of the molecule is Cc1cc2c(cc1C(=O)O)Oc1cc3c(cc1C2(C(F)(F)F)C(F)(F)F)C(=O)OC3=O. The molecule has 0 amide bonds. The Morgan fingerprint density at radius 3 is 1.84 bits per heavy atom. The molecule has 0 bridgehead atoms. The first-order valence-corrected chi connectivity index (χ1v) is 8.35. The molecule has 0 aromatic heterocycles. The van der Waals surface area contributed by atoms with Crippen LogP contribution in [0, 0.1) is 6.92 Å². The second-order valence-electron chi connectivity index (χ2n) is 6.89. The number of benzene rings is 2. The summed E-state index contributed by atoms with van der Waals surface area (Å²) in [7, 11) is 0. The molecule has 0 saturated heterocycles. The predicted octanol–water partition coefficient (Wildman–Crippen LogP) is 4.52. The molecule has 162 valence electrons. The number of halogens is 6. The lowest BCUT2D eigenvalue weighted by Crippen LogP contribution is -2.56. The van der Waals surface area contributed by atoms with Crippen molar-refractivity contribution in [1.82, 2.24) is 0 Å². The van der Waals surface area contributed by atoms with Gasteiger partial charge >= 0.3 is 30.3 Å². The van der Waals surface area contributed by atoms with Crippen LogP contribution in [0.4, 0.5) is 26.3 Å². The third-order valence-electron chi connectivity index (χ3n) is 5.18. The summed E-state index contributed by atoms with van der Waals surface area (Å²) in [4.78, 5) is 34.9. The molecule has 1 N–H and O–H groups in total. The molecule has 0 aliphatic carbocycles. The topological polar surface area (TPSA) is 89.9 Å². The number of alkyl halides is 6. The number of carbonyl (C=O) groups is 3. The fraction of sp³-hybridized carbons (Fsp3) is 0.211. The van der Waals surface area contributed by atoms with Crippen molar-refractivity contribution >= 4 is 17.9 Å². The number of cyclic esters (lactones) is 2. The summed E-state index contributed by atoms with van der Waals surface area (Å²) in [6.07, 6.45) is -12.0. The van der Waals surface area contributed by atoms with E-state index in [1.165, 1.54) is 0 Å². The highest BCUT2D eigenvalue weighted by Crippen LogP contribution is 2.63. The van der Waals surface area contributed by atoms with Gasteiger partial charge in [-0.15, -0.1) is 0 Å². The molecule has 31 heavy (non-hydrogen) atoms. The minimum atomic E-state index is -5.99. The van der Waals surface area contributed by atoms with Crippen molar-refractivity contribution in [1.29, 1.82) is 0 Å². The van der Waals surface area contributed by atoms with Crippen LogP contribution in [-0.2, 0) is 10.2 Å². The molecule has 0 spiro atoms. The Kier molecular flexibility index (Phi) is 4.00. The van der Waals surface area contributed by atoms with Gasteiger partial charge < -0.3 is 14.6 Å². The maximum Gasteiger partial charge on any atom is 0.411 e. The lowest BCUT2D eigenvalue weighted by molar-refractivity contribution is -0.290. The smallest absolute Gasteiger partial charge is 0.411 e. The molecular formula is C19H8F6O6. The number of carbonyl (C=O) groups excluding carboxylic acids is 2. The van der Waals surface area contributed by atoms with Crippen LogP contribution in [0.2, 0.25) is 0 Å². The number of carboxylic acid groups (broad SMARTS) is 1. The normalized spacial score (nSPS) is 16.7. The number of aryl methyl sites for hydroxylation is 1. The van der Waals surface area contributed by atoms with Crippen LogP contribution < -0.4 is 4.74 Å². The fourth-order valence-corrected chi connectivity index (χ4v) is 3.82. The van der Waals surface area contributed by atoms with Crippen molar-refractivity contribution in [2.75, 3.05) is 0 Å². The molecule has 0 atom stereocenters. The average Bonchev–Trinajstić information content (AvgIpc) is 2.88. The quantitative estimate of drug-likeness (QED) is 0.394. The van der Waals surface area contributed by atoms with E-state index >= 15 is 0 Å². The Bertz CT molecular complexity index is 1180. The molecule has 0 saturated carbocycles. The van der Waals surface area contributed by atoms with Gasteiger partial charge in [-0.1, -0.05) is 0 Å². The van der Waals surface area contributed by atoms with Crippen LogP contribution in [0.25, 0.3) is 0 Å². The lowest BCUT2D eigenvalue weighted by atomic mass is 9.69. The number of aromatic carboxylic acids is 1. The minimum Gasteiger partial charge on any atom is -0.478 e. The Hall–Kier alpha value is -3.57. The first-order valence-electron chi connectivity index (χ1n) is 8.35. The monoisotopic (exact) mass is 446 g/mol. The van der Waals surface area contributed by atoms with Crippen LogP contribution >= 0.6 is 0 Å². The van der Waals surface area contributed by atoms with Crippen molar-refractivity contribution in [2.45, 2.75) is 24.7 Å². The highest BCUT2D eigenvalue weighted by molar-refractivity contribution is 6.15. The molecule has 2 aliphatic heterocycles. The van der Waals surface area contributed by atoms with E-state index in [4.69, 9.17) is 4.74 Å². The van der Waals surface area contributed by atoms with Gasteiger partial charge in [0.1, 0.15) is 11.5 Å². The second-order valence-corrected chi connectivity index (χ2v) is 6.89. The molecule has 0 radical (unpaired) electrons. The molecule has 0 fully saturated rings. The minimum absolute atomic E-state index is 0.280. The third-order valence-corrected chi connectivity index (χ3v) is 5.18. The van der Waals surface area contributed by atoms with Crippen molar-refractivity contribution in [3.05, 3.63) is 57.6 Å². The maximum atomic E-state index is 14.3. The lowest BCUT2D eigenvalue weighted by Gasteiger charge is -2.42. The van der Waals surface area contributed by atoms with E-state index in [1.807, 2.05) is 0 Å². The van der Waals surface area contributed by atoms with Gasteiger partial charge in [0.2, 0.25) is 5.41 Å². The van der Waals surface area contributed by atoms with Gasteiger partial charge in [-0.05, 0) is 36.8 Å². The Morgan fingerprint density at radius 2 is 1.32 bits per heavy atom. The average molecular weight is 446 g/mol. The van der Waals surface area contributed by atoms with E-state index < -0.39 is 75.0 Å². The van der Waals surface area contributed by atoms with E-state index in [9.17, 15) is 45.8 Å². The molecule has 4 rings (SSSR count). The van der Waals surface area contributed by atoms with Crippen molar-refractivity contribution in [2.24, 2.45) is 0 Å². The van der Waals surface area contributed by atoms with E-state index in [0.717, 1.165) is 6.92 Å². The zero-order valence-electron chi connectivity index (χ0n) is 15.1. The van der Waals surface area contributed by atoms with E-state index in [2.05, 4.69) is 4.74 Å². The number of fused-ring (bicyclic) bond motifs is 3. The second kappa shape index (κ2) is 5.99. The molecule has 6 nitrogen and oxygen atoms in total. The van der Waals surface area contributed by atoms with Gasteiger partial charge in [-0.2, -0.15) is 26.3 Å². The summed E-state index contributed by atoms with van der Waals surface area (Å²) in [5.41, 5.74) is -9.80. The van der Waals surface area contributed by atoms with Gasteiger partial charge in [-0.3, -0.25) is 0 Å². The Morgan fingerprint density at radius 1 is 0.839 bits per heavy atom. The third kappa shape index (κ3) is 2.56. The van der Waals surface area contributed by atoms with Gasteiger partial charge in [0.15, 0.2) is 0 Å². The largest absolute Gasteiger partial charge is 0.478 e. The van der Waals surface area contributed by atoms with Gasteiger partial charge in [0, 0.05) is 11.1 Å². The van der Waals surface area contributed by atoms with Crippen LogP contribution in [0.15, 0.2) is 24.3 Å². The first-order chi connectivity index (χ1) is 14.2. The van der Waals surface area contributed by atoms with E-state index in [1.54, 1.807) is 0 Å². The van der Waals surface area contributed by atoms with Gasteiger partial charge in [-0.25, -0.2) is 14.4 Å². The summed E-state index contributed by atoms with van der Waals surface area (Å²) in [6.45, 7) is 1.04. The molecule has 2 aliphatic rings. The number of ether oxygens (including phenoxy) is 2. The number of carboxylic acids is 1. The molecule has 2 aromatic carbocycles. The van der Waals surface area contributed by atoms with Crippen LogP contribution in [0.5, 0.6) is 11.5 Å². The standard InChI is InChI=1S/C19H8F6O6/c1-6-2-10-12(4-7(6)14(26)27)30-13-5-9-8(15(28)31-16(9)29)3-11(13)17(10,18(20,21)22)19(23,24)25/h2-5H,1H3,(H,26,27). The van der Waals surface area contributed by atoms with Crippen LogP contribution in [0.3, 0.4) is 0 Å². The zero-order chi connectivity index (χ0) is 23.1. The summed E-state index contributed by atoms with van der Waals surface area (Å²) in [5, 5.41) is 9.20. The van der Waals surface area contributed by atoms with Crippen molar-refractivity contribution < 1.29 is 55.3 Å². The van der Waals surface area contributed by atoms with Gasteiger partial charge in [0.25, 0.3) is 0 Å². The Balaban J connectivity index is 2.18. The summed E-state index contributed by atoms with van der Waals surface area (Å²) >= 11 is 0. The van der Waals surface area contributed by atoms with Crippen LogP contribution in [-0.4, -0.2) is 35.4 Å². The molecular weight excluding hydrogens is 438 g/mol. The molecule has 2 heterocycles.